The van der Waals surface area contributed by atoms with E-state index in [1.165, 1.54) is 6.08 Å². The molecule has 6 nitrogen and oxygen atoms in total. The zero-order chi connectivity index (χ0) is 18.8. The molecule has 0 spiro atoms. The van der Waals surface area contributed by atoms with Crippen LogP contribution >= 0.6 is 0 Å². The molecule has 26 heavy (non-hydrogen) atoms. The number of ether oxygens (including phenoxy) is 1. The van der Waals surface area contributed by atoms with Gasteiger partial charge in [0.1, 0.15) is 11.3 Å². The van der Waals surface area contributed by atoms with E-state index in [2.05, 4.69) is 5.32 Å². The molecule has 1 N–H and O–H groups in total. The van der Waals surface area contributed by atoms with Crippen LogP contribution in [0.1, 0.15) is 16.7 Å². The SMILES string of the molecule is COc1ccc(/C=C2\C(=O)NC(=O)N(c3cc(C)ccc3C)C2=O)cc1. The van der Waals surface area contributed by atoms with Gasteiger partial charge in [-0.1, -0.05) is 24.3 Å². The van der Waals surface area contributed by atoms with Crippen molar-refractivity contribution < 1.29 is 19.1 Å². The Morgan fingerprint density at radius 2 is 1.69 bits per heavy atom. The first-order valence-electron chi connectivity index (χ1n) is 8.03. The van der Waals surface area contributed by atoms with Gasteiger partial charge in [-0.25, -0.2) is 9.69 Å². The van der Waals surface area contributed by atoms with Crippen molar-refractivity contribution in [2.75, 3.05) is 12.0 Å². The highest BCUT2D eigenvalue weighted by Gasteiger charge is 2.37. The van der Waals surface area contributed by atoms with Crippen LogP contribution in [0.15, 0.2) is 48.0 Å². The highest BCUT2D eigenvalue weighted by Crippen LogP contribution is 2.26. The van der Waals surface area contributed by atoms with E-state index in [1.807, 2.05) is 19.1 Å². The molecule has 0 aromatic heterocycles. The zero-order valence-electron chi connectivity index (χ0n) is 14.7. The molecule has 1 aliphatic rings. The number of carbonyl (C=O) groups excluding carboxylic acids is 3. The molecule has 0 radical (unpaired) electrons. The summed E-state index contributed by atoms with van der Waals surface area (Å²) in [6.07, 6.45) is 1.46. The topological polar surface area (TPSA) is 75.7 Å². The minimum absolute atomic E-state index is 0.101. The Bertz CT molecular complexity index is 929. The van der Waals surface area contributed by atoms with Gasteiger partial charge in [0, 0.05) is 0 Å². The number of nitrogens with one attached hydrogen (secondary N) is 1. The Kier molecular flexibility index (Phi) is 4.58. The number of barbiturate groups is 1. The minimum atomic E-state index is -0.749. The fraction of sp³-hybridized carbons (Fsp3) is 0.150. The fourth-order valence-electron chi connectivity index (χ4n) is 2.70. The Morgan fingerprint density at radius 3 is 2.35 bits per heavy atom. The number of anilines is 1. The molecule has 1 heterocycles. The van der Waals surface area contributed by atoms with Gasteiger partial charge in [0.25, 0.3) is 11.8 Å². The van der Waals surface area contributed by atoms with Gasteiger partial charge in [0.2, 0.25) is 0 Å². The van der Waals surface area contributed by atoms with Gasteiger partial charge in [-0.05, 0) is 54.8 Å². The molecular formula is C20H18N2O4. The van der Waals surface area contributed by atoms with Crippen LogP contribution in [0.3, 0.4) is 0 Å². The number of imide groups is 2. The summed E-state index contributed by atoms with van der Waals surface area (Å²) in [6, 6.07) is 11.6. The van der Waals surface area contributed by atoms with Crippen LogP contribution in [-0.4, -0.2) is 25.0 Å². The molecule has 1 aliphatic heterocycles. The highest BCUT2D eigenvalue weighted by atomic mass is 16.5. The smallest absolute Gasteiger partial charge is 0.335 e. The lowest BCUT2D eigenvalue weighted by atomic mass is 10.0. The van der Waals surface area contributed by atoms with Crippen molar-refractivity contribution in [1.82, 2.24) is 5.32 Å². The van der Waals surface area contributed by atoms with E-state index >= 15 is 0 Å². The van der Waals surface area contributed by atoms with Gasteiger partial charge in [-0.2, -0.15) is 0 Å². The predicted molar refractivity (Wildman–Crippen MR) is 97.9 cm³/mol. The van der Waals surface area contributed by atoms with Crippen LogP contribution in [-0.2, 0) is 9.59 Å². The maximum Gasteiger partial charge on any atom is 0.335 e. The standard InChI is InChI=1S/C20H18N2O4/c1-12-4-5-13(2)17(10-12)22-19(24)16(18(23)21-20(22)25)11-14-6-8-15(26-3)9-7-14/h4-11H,1-3H3,(H,21,23,25)/b16-11+. The first-order valence-corrected chi connectivity index (χ1v) is 8.03. The number of aryl methyl sites for hydroxylation is 2. The molecule has 2 aromatic rings. The van der Waals surface area contributed by atoms with Crippen LogP contribution in [0.25, 0.3) is 6.08 Å². The number of methoxy groups -OCH3 is 1. The van der Waals surface area contributed by atoms with E-state index in [-0.39, 0.29) is 5.57 Å². The molecule has 0 saturated carbocycles. The number of hydrogen-bond acceptors (Lipinski definition) is 4. The molecule has 4 amide bonds. The third-order valence-electron chi connectivity index (χ3n) is 4.13. The van der Waals surface area contributed by atoms with Crippen LogP contribution in [0.2, 0.25) is 0 Å². The van der Waals surface area contributed by atoms with Crippen molar-refractivity contribution in [3.8, 4) is 5.75 Å². The van der Waals surface area contributed by atoms with E-state index in [9.17, 15) is 14.4 Å². The third-order valence-corrected chi connectivity index (χ3v) is 4.13. The molecule has 3 rings (SSSR count). The molecule has 132 valence electrons. The van der Waals surface area contributed by atoms with Gasteiger partial charge in [-0.15, -0.1) is 0 Å². The van der Waals surface area contributed by atoms with Crippen molar-refractivity contribution in [2.45, 2.75) is 13.8 Å². The van der Waals surface area contributed by atoms with Gasteiger partial charge in [0.05, 0.1) is 12.8 Å². The summed E-state index contributed by atoms with van der Waals surface area (Å²) in [4.78, 5) is 38.4. The lowest BCUT2D eigenvalue weighted by Crippen LogP contribution is -2.54. The van der Waals surface area contributed by atoms with Gasteiger partial charge in [-0.3, -0.25) is 14.9 Å². The van der Waals surface area contributed by atoms with Crippen molar-refractivity contribution in [1.29, 1.82) is 0 Å². The van der Waals surface area contributed by atoms with Gasteiger partial charge in [0.15, 0.2) is 0 Å². The Balaban J connectivity index is 2.02. The lowest BCUT2D eigenvalue weighted by Gasteiger charge is -2.27. The van der Waals surface area contributed by atoms with Gasteiger partial charge >= 0.3 is 6.03 Å². The number of hydrogen-bond donors (Lipinski definition) is 1. The van der Waals surface area contributed by atoms with Crippen LogP contribution in [0, 0.1) is 13.8 Å². The third kappa shape index (κ3) is 3.21. The summed E-state index contributed by atoms with van der Waals surface area (Å²) >= 11 is 0. The second-order valence-electron chi connectivity index (χ2n) is 6.02. The molecule has 1 fully saturated rings. The average molecular weight is 350 g/mol. The summed E-state index contributed by atoms with van der Waals surface area (Å²) in [5.41, 5.74) is 2.68. The minimum Gasteiger partial charge on any atom is -0.497 e. The first-order chi connectivity index (χ1) is 12.4. The second kappa shape index (κ2) is 6.84. The average Bonchev–Trinajstić information content (AvgIpc) is 2.62. The number of nitrogens with zero attached hydrogens (tertiary/aromatic N) is 1. The van der Waals surface area contributed by atoms with E-state index < -0.39 is 17.8 Å². The monoisotopic (exact) mass is 350 g/mol. The largest absolute Gasteiger partial charge is 0.497 e. The molecular weight excluding hydrogens is 332 g/mol. The maximum atomic E-state index is 12.9. The highest BCUT2D eigenvalue weighted by molar-refractivity contribution is 6.39. The summed E-state index contributed by atoms with van der Waals surface area (Å²) < 4.78 is 5.09. The molecule has 0 bridgehead atoms. The number of urea groups is 1. The maximum absolute atomic E-state index is 12.9. The van der Waals surface area contributed by atoms with Crippen LogP contribution in [0.5, 0.6) is 5.75 Å². The Hall–Kier alpha value is -3.41. The van der Waals surface area contributed by atoms with Crippen molar-refractivity contribution in [2.24, 2.45) is 0 Å². The van der Waals surface area contributed by atoms with E-state index in [4.69, 9.17) is 4.74 Å². The molecule has 6 heteroatoms. The number of carbonyl (C=O) groups is 3. The summed E-state index contributed by atoms with van der Waals surface area (Å²) in [5.74, 6) is -0.695. The quantitative estimate of drug-likeness (QED) is 0.682. The predicted octanol–water partition coefficient (Wildman–Crippen LogP) is 2.98. The second-order valence-corrected chi connectivity index (χ2v) is 6.02. The van der Waals surface area contributed by atoms with E-state index in [0.29, 0.717) is 17.0 Å². The molecule has 0 aliphatic carbocycles. The molecule has 1 saturated heterocycles. The molecule has 2 aromatic carbocycles. The zero-order valence-corrected chi connectivity index (χ0v) is 14.7. The summed E-state index contributed by atoms with van der Waals surface area (Å²) in [6.45, 7) is 3.67. The number of rotatable bonds is 3. The summed E-state index contributed by atoms with van der Waals surface area (Å²) in [7, 11) is 1.55. The van der Waals surface area contributed by atoms with Crippen LogP contribution in [0.4, 0.5) is 10.5 Å². The van der Waals surface area contributed by atoms with Crippen LogP contribution < -0.4 is 15.0 Å². The normalized spacial score (nSPS) is 16.0. The molecule has 0 atom stereocenters. The number of amides is 4. The summed E-state index contributed by atoms with van der Waals surface area (Å²) in [5, 5.41) is 2.23. The first kappa shape index (κ1) is 17.4. The van der Waals surface area contributed by atoms with E-state index in [0.717, 1.165) is 16.0 Å². The van der Waals surface area contributed by atoms with Crippen molar-refractivity contribution in [3.05, 3.63) is 64.7 Å². The Morgan fingerprint density at radius 1 is 1.00 bits per heavy atom. The molecule has 0 unspecified atom stereocenters. The lowest BCUT2D eigenvalue weighted by molar-refractivity contribution is -0.122. The van der Waals surface area contributed by atoms with Crippen molar-refractivity contribution in [3.63, 3.8) is 0 Å². The fourth-order valence-corrected chi connectivity index (χ4v) is 2.70. The number of benzene rings is 2. The van der Waals surface area contributed by atoms with Gasteiger partial charge < -0.3 is 4.74 Å². The Labute approximate surface area is 151 Å². The van der Waals surface area contributed by atoms with Crippen molar-refractivity contribution >= 4 is 29.6 Å². The van der Waals surface area contributed by atoms with E-state index in [1.54, 1.807) is 44.4 Å².